The summed E-state index contributed by atoms with van der Waals surface area (Å²) in [4.78, 5) is 27.2. The van der Waals surface area contributed by atoms with Crippen LogP contribution in [-0.4, -0.2) is 30.5 Å². The van der Waals surface area contributed by atoms with E-state index in [4.69, 9.17) is 14.4 Å². The van der Waals surface area contributed by atoms with Crippen LogP contribution in [0, 0.1) is 18.3 Å². The van der Waals surface area contributed by atoms with Gasteiger partial charge in [0.1, 0.15) is 12.0 Å². The molecule has 0 saturated heterocycles. The first-order valence-electron chi connectivity index (χ1n) is 7.10. The highest BCUT2D eigenvalue weighted by Crippen LogP contribution is 2.20. The van der Waals surface area contributed by atoms with E-state index in [1.807, 2.05) is 6.07 Å². The zero-order chi connectivity index (χ0) is 17.5. The Morgan fingerprint density at radius 1 is 1.42 bits per heavy atom. The fourth-order valence-electron chi connectivity index (χ4n) is 1.85. The molecule has 2 amide bonds. The molecule has 24 heavy (non-hydrogen) atoms. The van der Waals surface area contributed by atoms with Gasteiger partial charge in [-0.3, -0.25) is 9.59 Å². The number of nitrogens with one attached hydrogen (secondary N) is 2. The molecular weight excluding hydrogens is 312 g/mol. The van der Waals surface area contributed by atoms with Gasteiger partial charge in [-0.1, -0.05) is 6.07 Å². The van der Waals surface area contributed by atoms with Crippen molar-refractivity contribution in [2.45, 2.75) is 13.5 Å². The van der Waals surface area contributed by atoms with E-state index in [0.717, 1.165) is 0 Å². The normalized spacial score (nSPS) is 9.88. The molecule has 0 atom stereocenters. The minimum atomic E-state index is -0.395. The second-order valence-electron chi connectivity index (χ2n) is 4.83. The quantitative estimate of drug-likeness (QED) is 0.814. The van der Waals surface area contributed by atoms with E-state index in [1.54, 1.807) is 19.1 Å². The second kappa shape index (κ2) is 7.78. The molecule has 0 bridgehead atoms. The molecule has 1 aromatic carbocycles. The zero-order valence-electron chi connectivity index (χ0n) is 13.3. The number of oxazole rings is 1. The van der Waals surface area contributed by atoms with E-state index < -0.39 is 5.91 Å². The maximum absolute atomic E-state index is 12.0. The number of ether oxygens (including phenoxy) is 1. The number of nitriles is 1. The molecule has 0 unspecified atom stereocenters. The number of likely N-dealkylation sites (N-methyl/N-ethyl adjacent to an activating group) is 1. The third-order valence-corrected chi connectivity index (χ3v) is 3.12. The van der Waals surface area contributed by atoms with Crippen LogP contribution in [0.2, 0.25) is 0 Å². The summed E-state index contributed by atoms with van der Waals surface area (Å²) in [6, 6.07) is 6.78. The Balaban J connectivity index is 2.09. The van der Waals surface area contributed by atoms with Gasteiger partial charge in [0.25, 0.3) is 11.8 Å². The van der Waals surface area contributed by atoms with Crippen molar-refractivity contribution in [1.82, 2.24) is 15.6 Å². The molecule has 0 aliphatic rings. The van der Waals surface area contributed by atoms with Gasteiger partial charge >= 0.3 is 0 Å². The highest BCUT2D eigenvalue weighted by molar-refractivity contribution is 5.91. The van der Waals surface area contributed by atoms with Gasteiger partial charge in [-0.25, -0.2) is 4.98 Å². The lowest BCUT2D eigenvalue weighted by Crippen LogP contribution is -2.26. The topological polar surface area (TPSA) is 117 Å². The number of rotatable bonds is 6. The van der Waals surface area contributed by atoms with Gasteiger partial charge in [-0.2, -0.15) is 5.26 Å². The summed E-state index contributed by atoms with van der Waals surface area (Å²) in [5.74, 6) is 0.0567. The number of amides is 2. The first-order valence-corrected chi connectivity index (χ1v) is 7.10. The smallest absolute Gasteiger partial charge is 0.273 e. The first-order chi connectivity index (χ1) is 11.5. The molecule has 0 saturated carbocycles. The predicted octanol–water partition coefficient (Wildman–Crippen LogP) is 0.909. The molecule has 124 valence electrons. The second-order valence-corrected chi connectivity index (χ2v) is 4.83. The standard InChI is InChI=1S/C16H16N4O4/c1-10-20-13(8-23-10)16(22)19-7-12-4-3-11(6-17)5-14(12)24-9-15(21)18-2/h3-5,8H,7,9H2,1-2H3,(H,18,21)(H,19,22). The maximum Gasteiger partial charge on any atom is 0.273 e. The zero-order valence-corrected chi connectivity index (χ0v) is 13.3. The van der Waals surface area contributed by atoms with Crippen molar-refractivity contribution in [2.75, 3.05) is 13.7 Å². The molecule has 0 aliphatic heterocycles. The number of carbonyl (C=O) groups excluding carboxylic acids is 2. The Hall–Kier alpha value is -3.34. The molecular formula is C16H16N4O4. The van der Waals surface area contributed by atoms with Crippen LogP contribution in [0.3, 0.4) is 0 Å². The van der Waals surface area contributed by atoms with E-state index in [0.29, 0.717) is 22.8 Å². The molecule has 2 aromatic rings. The Bertz CT molecular complexity index is 792. The Morgan fingerprint density at radius 3 is 2.83 bits per heavy atom. The number of hydrogen-bond donors (Lipinski definition) is 2. The number of aryl methyl sites for hydroxylation is 1. The predicted molar refractivity (Wildman–Crippen MR) is 83.1 cm³/mol. The summed E-state index contributed by atoms with van der Waals surface area (Å²) >= 11 is 0. The lowest BCUT2D eigenvalue weighted by atomic mass is 10.1. The summed E-state index contributed by atoms with van der Waals surface area (Å²) < 4.78 is 10.4. The van der Waals surface area contributed by atoms with E-state index >= 15 is 0 Å². The number of aromatic nitrogens is 1. The van der Waals surface area contributed by atoms with Crippen molar-refractivity contribution >= 4 is 11.8 Å². The van der Waals surface area contributed by atoms with E-state index in [-0.39, 0.29) is 24.8 Å². The van der Waals surface area contributed by atoms with E-state index in [2.05, 4.69) is 15.6 Å². The van der Waals surface area contributed by atoms with Crippen LogP contribution in [0.15, 0.2) is 28.9 Å². The highest BCUT2D eigenvalue weighted by Gasteiger charge is 2.13. The number of hydrogen-bond acceptors (Lipinski definition) is 6. The number of benzene rings is 1. The van der Waals surface area contributed by atoms with Crippen LogP contribution in [0.4, 0.5) is 0 Å². The van der Waals surface area contributed by atoms with Gasteiger partial charge in [0.05, 0.1) is 11.6 Å². The van der Waals surface area contributed by atoms with Crippen LogP contribution in [0.25, 0.3) is 0 Å². The Kier molecular flexibility index (Phi) is 5.52. The average Bonchev–Trinajstić information content (AvgIpc) is 3.04. The average molecular weight is 328 g/mol. The van der Waals surface area contributed by atoms with Gasteiger partial charge in [0.15, 0.2) is 18.2 Å². The Morgan fingerprint density at radius 2 is 2.21 bits per heavy atom. The fraction of sp³-hybridized carbons (Fsp3) is 0.250. The molecule has 0 spiro atoms. The maximum atomic E-state index is 12.0. The molecule has 8 nitrogen and oxygen atoms in total. The summed E-state index contributed by atoms with van der Waals surface area (Å²) in [6.07, 6.45) is 1.27. The van der Waals surface area contributed by atoms with Crippen molar-refractivity contribution in [3.8, 4) is 11.8 Å². The lowest BCUT2D eigenvalue weighted by molar-refractivity contribution is -0.122. The van der Waals surface area contributed by atoms with E-state index in [9.17, 15) is 9.59 Å². The van der Waals surface area contributed by atoms with Crippen molar-refractivity contribution in [1.29, 1.82) is 5.26 Å². The summed E-state index contributed by atoms with van der Waals surface area (Å²) in [7, 11) is 1.50. The lowest BCUT2D eigenvalue weighted by Gasteiger charge is -2.12. The largest absolute Gasteiger partial charge is 0.483 e. The number of nitrogens with zero attached hydrogens (tertiary/aromatic N) is 2. The van der Waals surface area contributed by atoms with Gasteiger partial charge < -0.3 is 19.8 Å². The summed E-state index contributed by atoms with van der Waals surface area (Å²) in [5.41, 5.74) is 1.20. The van der Waals surface area contributed by atoms with Gasteiger partial charge in [0.2, 0.25) is 0 Å². The molecule has 2 rings (SSSR count). The molecule has 0 radical (unpaired) electrons. The van der Waals surface area contributed by atoms with Crippen molar-refractivity contribution in [2.24, 2.45) is 0 Å². The molecule has 0 fully saturated rings. The van der Waals surface area contributed by atoms with Gasteiger partial charge in [-0.15, -0.1) is 0 Å². The van der Waals surface area contributed by atoms with Crippen LogP contribution < -0.4 is 15.4 Å². The molecule has 8 heteroatoms. The summed E-state index contributed by atoms with van der Waals surface area (Å²) in [5, 5.41) is 14.1. The minimum Gasteiger partial charge on any atom is -0.483 e. The fourth-order valence-corrected chi connectivity index (χ4v) is 1.85. The summed E-state index contributed by atoms with van der Waals surface area (Å²) in [6.45, 7) is 1.61. The van der Waals surface area contributed by atoms with Crippen LogP contribution >= 0.6 is 0 Å². The van der Waals surface area contributed by atoms with Crippen molar-refractivity contribution < 1.29 is 18.7 Å². The monoisotopic (exact) mass is 328 g/mol. The molecule has 1 heterocycles. The molecule has 2 N–H and O–H groups in total. The van der Waals surface area contributed by atoms with Crippen LogP contribution in [0.1, 0.15) is 27.5 Å². The van der Waals surface area contributed by atoms with Crippen molar-refractivity contribution in [3.05, 3.63) is 47.2 Å². The third kappa shape index (κ3) is 4.33. The van der Waals surface area contributed by atoms with Crippen molar-refractivity contribution in [3.63, 3.8) is 0 Å². The van der Waals surface area contributed by atoms with Crippen LogP contribution in [-0.2, 0) is 11.3 Å². The van der Waals surface area contributed by atoms with E-state index in [1.165, 1.54) is 19.4 Å². The minimum absolute atomic E-state index is 0.152. The number of carbonyl (C=O) groups is 2. The van der Waals surface area contributed by atoms with Gasteiger partial charge in [-0.05, 0) is 12.1 Å². The van der Waals surface area contributed by atoms with Crippen LogP contribution in [0.5, 0.6) is 5.75 Å². The Labute approximate surface area is 138 Å². The molecule has 1 aromatic heterocycles. The van der Waals surface area contributed by atoms with Gasteiger partial charge in [0, 0.05) is 26.1 Å². The highest BCUT2D eigenvalue weighted by atomic mass is 16.5. The SMILES string of the molecule is CNC(=O)COc1cc(C#N)ccc1CNC(=O)c1coc(C)n1. The third-order valence-electron chi connectivity index (χ3n) is 3.12. The molecule has 0 aliphatic carbocycles. The first kappa shape index (κ1) is 17.0.